The SMILES string of the molecule is Cc1cc(-c2nn[nH]n2)ccc1C(=O)O. The summed E-state index contributed by atoms with van der Waals surface area (Å²) in [5.74, 6) is -0.484. The number of tetrazole rings is 1. The highest BCUT2D eigenvalue weighted by molar-refractivity contribution is 5.90. The number of aromatic nitrogens is 4. The van der Waals surface area contributed by atoms with Gasteiger partial charge < -0.3 is 5.11 Å². The molecule has 0 saturated heterocycles. The lowest BCUT2D eigenvalue weighted by molar-refractivity contribution is 0.0696. The first kappa shape index (κ1) is 9.32. The third-order valence-corrected chi connectivity index (χ3v) is 2.06. The fourth-order valence-electron chi connectivity index (χ4n) is 1.33. The number of benzene rings is 1. The van der Waals surface area contributed by atoms with Gasteiger partial charge in [-0.1, -0.05) is 6.07 Å². The predicted octanol–water partition coefficient (Wildman–Crippen LogP) is 0.873. The number of rotatable bonds is 2. The normalized spacial score (nSPS) is 10.2. The van der Waals surface area contributed by atoms with Gasteiger partial charge in [0.2, 0.25) is 5.82 Å². The third kappa shape index (κ3) is 1.69. The molecule has 2 N–H and O–H groups in total. The van der Waals surface area contributed by atoms with E-state index in [1.54, 1.807) is 19.1 Å². The van der Waals surface area contributed by atoms with Crippen LogP contribution in [0.4, 0.5) is 0 Å². The van der Waals surface area contributed by atoms with Gasteiger partial charge in [0.15, 0.2) is 0 Å². The summed E-state index contributed by atoms with van der Waals surface area (Å²) < 4.78 is 0. The number of aryl methyl sites for hydroxylation is 1. The molecular weight excluding hydrogens is 196 g/mol. The Balaban J connectivity index is 2.47. The van der Waals surface area contributed by atoms with E-state index in [-0.39, 0.29) is 5.56 Å². The van der Waals surface area contributed by atoms with Crippen LogP contribution in [0.5, 0.6) is 0 Å². The van der Waals surface area contributed by atoms with E-state index in [0.29, 0.717) is 11.4 Å². The number of carboxylic acid groups (broad SMARTS) is 1. The summed E-state index contributed by atoms with van der Waals surface area (Å²) in [6.45, 7) is 1.73. The standard InChI is InChI=1S/C9H8N4O2/c1-5-4-6(8-10-12-13-11-8)2-3-7(5)9(14)15/h2-4H,1H3,(H,14,15)(H,10,11,12,13). The zero-order chi connectivity index (χ0) is 10.8. The van der Waals surface area contributed by atoms with Crippen LogP contribution in [0.2, 0.25) is 0 Å². The van der Waals surface area contributed by atoms with Crippen molar-refractivity contribution in [3.63, 3.8) is 0 Å². The van der Waals surface area contributed by atoms with E-state index in [1.165, 1.54) is 6.07 Å². The Morgan fingerprint density at radius 2 is 2.27 bits per heavy atom. The van der Waals surface area contributed by atoms with Gasteiger partial charge in [-0.15, -0.1) is 10.2 Å². The van der Waals surface area contributed by atoms with E-state index in [2.05, 4.69) is 20.6 Å². The Bertz CT molecular complexity index is 493. The van der Waals surface area contributed by atoms with Gasteiger partial charge in [0.05, 0.1) is 5.56 Å². The van der Waals surface area contributed by atoms with Crippen LogP contribution >= 0.6 is 0 Å². The molecule has 76 valence electrons. The first-order valence-corrected chi connectivity index (χ1v) is 4.26. The summed E-state index contributed by atoms with van der Waals surface area (Å²) in [6, 6.07) is 4.90. The topological polar surface area (TPSA) is 91.8 Å². The van der Waals surface area contributed by atoms with Gasteiger partial charge in [-0.05, 0) is 29.8 Å². The number of nitrogens with zero attached hydrogens (tertiary/aromatic N) is 3. The minimum Gasteiger partial charge on any atom is -0.478 e. The van der Waals surface area contributed by atoms with Crippen LogP contribution in [0.15, 0.2) is 18.2 Å². The van der Waals surface area contributed by atoms with Crippen LogP contribution in [0, 0.1) is 6.92 Å². The molecule has 0 radical (unpaired) electrons. The maximum atomic E-state index is 10.8. The Labute approximate surface area is 84.9 Å². The second-order valence-electron chi connectivity index (χ2n) is 3.07. The summed E-state index contributed by atoms with van der Waals surface area (Å²) >= 11 is 0. The van der Waals surface area contributed by atoms with Crippen molar-refractivity contribution in [1.29, 1.82) is 0 Å². The van der Waals surface area contributed by atoms with Crippen molar-refractivity contribution in [2.45, 2.75) is 6.92 Å². The lowest BCUT2D eigenvalue weighted by Crippen LogP contribution is -1.99. The molecule has 0 unspecified atom stereocenters. The van der Waals surface area contributed by atoms with Crippen LogP contribution in [0.25, 0.3) is 11.4 Å². The zero-order valence-electron chi connectivity index (χ0n) is 7.93. The molecule has 0 amide bonds. The zero-order valence-corrected chi connectivity index (χ0v) is 7.93. The second kappa shape index (κ2) is 3.49. The summed E-state index contributed by atoms with van der Waals surface area (Å²) in [4.78, 5) is 10.8. The van der Waals surface area contributed by atoms with Gasteiger partial charge in [0, 0.05) is 5.56 Å². The molecule has 1 heterocycles. The summed E-state index contributed by atoms with van der Waals surface area (Å²) in [6.07, 6.45) is 0. The van der Waals surface area contributed by atoms with E-state index < -0.39 is 5.97 Å². The predicted molar refractivity (Wildman–Crippen MR) is 51.3 cm³/mol. The van der Waals surface area contributed by atoms with Gasteiger partial charge in [0.25, 0.3) is 0 Å². The van der Waals surface area contributed by atoms with Crippen LogP contribution in [0.3, 0.4) is 0 Å². The second-order valence-corrected chi connectivity index (χ2v) is 3.07. The molecular formula is C9H8N4O2. The molecule has 0 aliphatic heterocycles. The van der Waals surface area contributed by atoms with Crippen molar-refractivity contribution in [2.24, 2.45) is 0 Å². The number of carboxylic acids is 1. The number of aromatic amines is 1. The number of aromatic carboxylic acids is 1. The average Bonchev–Trinajstić information content (AvgIpc) is 2.69. The number of nitrogens with one attached hydrogen (secondary N) is 1. The maximum absolute atomic E-state index is 10.8. The molecule has 0 atom stereocenters. The van der Waals surface area contributed by atoms with Crippen LogP contribution < -0.4 is 0 Å². The Morgan fingerprint density at radius 3 is 2.80 bits per heavy atom. The van der Waals surface area contributed by atoms with Gasteiger partial charge in [-0.2, -0.15) is 5.21 Å². The van der Waals surface area contributed by atoms with E-state index in [9.17, 15) is 4.79 Å². The Kier molecular flexibility index (Phi) is 2.17. The highest BCUT2D eigenvalue weighted by atomic mass is 16.4. The van der Waals surface area contributed by atoms with Gasteiger partial charge >= 0.3 is 5.97 Å². The monoisotopic (exact) mass is 204 g/mol. The largest absolute Gasteiger partial charge is 0.478 e. The maximum Gasteiger partial charge on any atom is 0.335 e. The summed E-state index contributed by atoms with van der Waals surface area (Å²) in [7, 11) is 0. The Hall–Kier alpha value is -2.24. The van der Waals surface area contributed by atoms with Crippen LogP contribution in [0.1, 0.15) is 15.9 Å². The van der Waals surface area contributed by atoms with Crippen LogP contribution in [-0.2, 0) is 0 Å². The van der Waals surface area contributed by atoms with Crippen molar-refractivity contribution in [3.05, 3.63) is 29.3 Å². The van der Waals surface area contributed by atoms with Crippen LogP contribution in [-0.4, -0.2) is 31.7 Å². The van der Waals surface area contributed by atoms with Crippen molar-refractivity contribution >= 4 is 5.97 Å². The third-order valence-electron chi connectivity index (χ3n) is 2.06. The van der Waals surface area contributed by atoms with Crippen molar-refractivity contribution in [3.8, 4) is 11.4 Å². The Morgan fingerprint density at radius 1 is 1.47 bits per heavy atom. The van der Waals surface area contributed by atoms with Crippen molar-refractivity contribution in [1.82, 2.24) is 20.6 Å². The number of hydrogen-bond donors (Lipinski definition) is 2. The van der Waals surface area contributed by atoms with Gasteiger partial charge in [-0.3, -0.25) is 0 Å². The minimum atomic E-state index is -0.938. The summed E-state index contributed by atoms with van der Waals surface area (Å²) in [5.41, 5.74) is 1.69. The molecule has 0 saturated carbocycles. The first-order valence-electron chi connectivity index (χ1n) is 4.26. The molecule has 1 aromatic heterocycles. The van der Waals surface area contributed by atoms with E-state index >= 15 is 0 Å². The lowest BCUT2D eigenvalue weighted by atomic mass is 10.1. The number of carbonyl (C=O) groups is 1. The van der Waals surface area contributed by atoms with Crippen molar-refractivity contribution in [2.75, 3.05) is 0 Å². The molecule has 2 rings (SSSR count). The minimum absolute atomic E-state index is 0.280. The molecule has 0 spiro atoms. The van der Waals surface area contributed by atoms with Gasteiger partial charge in [-0.25, -0.2) is 4.79 Å². The number of H-pyrrole nitrogens is 1. The fourth-order valence-corrected chi connectivity index (χ4v) is 1.33. The quantitative estimate of drug-likeness (QED) is 0.757. The molecule has 2 aromatic rings. The van der Waals surface area contributed by atoms with Crippen molar-refractivity contribution < 1.29 is 9.90 Å². The molecule has 6 nitrogen and oxygen atoms in total. The molecule has 1 aromatic carbocycles. The van der Waals surface area contributed by atoms with E-state index in [4.69, 9.17) is 5.11 Å². The highest BCUT2D eigenvalue weighted by Crippen LogP contribution is 2.17. The van der Waals surface area contributed by atoms with E-state index in [1.807, 2.05) is 0 Å². The molecule has 0 fully saturated rings. The van der Waals surface area contributed by atoms with Gasteiger partial charge in [0.1, 0.15) is 0 Å². The molecule has 0 bridgehead atoms. The molecule has 0 aliphatic rings. The first-order chi connectivity index (χ1) is 7.18. The highest BCUT2D eigenvalue weighted by Gasteiger charge is 2.09. The molecule has 15 heavy (non-hydrogen) atoms. The van der Waals surface area contributed by atoms with E-state index in [0.717, 1.165) is 5.56 Å². The fraction of sp³-hybridized carbons (Fsp3) is 0.111. The average molecular weight is 204 g/mol. The lowest BCUT2D eigenvalue weighted by Gasteiger charge is -2.01. The summed E-state index contributed by atoms with van der Waals surface area (Å²) in [5, 5.41) is 22.2. The molecule has 6 heteroatoms. The number of hydrogen-bond acceptors (Lipinski definition) is 4. The molecule has 0 aliphatic carbocycles. The smallest absolute Gasteiger partial charge is 0.335 e.